The maximum atomic E-state index is 13.5. The van der Waals surface area contributed by atoms with Crippen molar-refractivity contribution in [3.63, 3.8) is 0 Å². The molecule has 0 spiro atoms. The fourth-order valence-electron chi connectivity index (χ4n) is 3.78. The summed E-state index contributed by atoms with van der Waals surface area (Å²) >= 11 is 1.33. The Hall–Kier alpha value is -2.75. The number of carbonyl (C=O) groups is 1. The van der Waals surface area contributed by atoms with E-state index in [1.807, 2.05) is 11.5 Å². The normalized spacial score (nSPS) is 18.2. The number of hydrogen-bond donors (Lipinski definition) is 0. The second-order valence-corrected chi connectivity index (χ2v) is 8.66. The Labute approximate surface area is 181 Å². The molecule has 3 aromatic rings. The van der Waals surface area contributed by atoms with Gasteiger partial charge in [-0.25, -0.2) is 15.0 Å². The average Bonchev–Trinajstić information content (AvgIpc) is 3.47. The first-order valence-electron chi connectivity index (χ1n) is 10.1. The minimum atomic E-state index is -4.56. The lowest BCUT2D eigenvalue weighted by molar-refractivity contribution is -0.141. The van der Waals surface area contributed by atoms with Crippen LogP contribution in [-0.2, 0) is 11.0 Å². The number of likely N-dealkylation sites (tertiary alicyclic amines) is 1. The standard InChI is InChI=1S/C21H22F3N5OS/c1-14(29-8-6-25-13-29)10-19(30)28-7-2-4-15(12-28)20-26-16(17-5-3-9-31-17)11-18(27-20)21(22,23)24/h3,5-6,8-9,11,13-15H,2,4,7,10,12H2,1H3/t14-,15+/m0/s1. The summed E-state index contributed by atoms with van der Waals surface area (Å²) in [4.78, 5) is 27.5. The molecule has 1 fully saturated rings. The van der Waals surface area contributed by atoms with Crippen LogP contribution in [0.3, 0.4) is 0 Å². The van der Waals surface area contributed by atoms with Crippen LogP contribution in [0.15, 0.2) is 42.3 Å². The average molecular weight is 450 g/mol. The number of rotatable bonds is 5. The number of aromatic nitrogens is 4. The summed E-state index contributed by atoms with van der Waals surface area (Å²) in [5, 5.41) is 1.80. The molecule has 6 nitrogen and oxygen atoms in total. The van der Waals surface area contributed by atoms with Gasteiger partial charge in [0.15, 0.2) is 0 Å². The van der Waals surface area contributed by atoms with E-state index in [0.717, 1.165) is 6.07 Å². The summed E-state index contributed by atoms with van der Waals surface area (Å²) in [5.41, 5.74) is -0.678. The SMILES string of the molecule is C[C@@H](CC(=O)N1CCC[C@@H](c2nc(-c3cccs3)cc(C(F)(F)F)n2)C1)n1ccnc1. The number of halogens is 3. The smallest absolute Gasteiger partial charge is 0.342 e. The third kappa shape index (κ3) is 4.95. The molecule has 10 heteroatoms. The molecular weight excluding hydrogens is 427 g/mol. The molecule has 4 rings (SSSR count). The van der Waals surface area contributed by atoms with Crippen molar-refractivity contribution in [1.29, 1.82) is 0 Å². The number of carbonyl (C=O) groups excluding carboxylic acids is 1. The molecule has 1 saturated heterocycles. The van der Waals surface area contributed by atoms with E-state index in [1.54, 1.807) is 41.1 Å². The molecule has 1 aliphatic rings. The highest BCUT2D eigenvalue weighted by atomic mass is 32.1. The molecule has 31 heavy (non-hydrogen) atoms. The number of alkyl halides is 3. The van der Waals surface area contributed by atoms with Crippen molar-refractivity contribution in [1.82, 2.24) is 24.4 Å². The highest BCUT2D eigenvalue weighted by Gasteiger charge is 2.35. The Kier molecular flexibility index (Phi) is 6.08. The largest absolute Gasteiger partial charge is 0.433 e. The molecule has 0 unspecified atom stereocenters. The molecule has 0 aromatic carbocycles. The van der Waals surface area contributed by atoms with Gasteiger partial charge in [-0.2, -0.15) is 13.2 Å². The summed E-state index contributed by atoms with van der Waals surface area (Å²) in [5.74, 6) is -0.211. The van der Waals surface area contributed by atoms with E-state index < -0.39 is 11.9 Å². The first-order chi connectivity index (χ1) is 14.8. The first-order valence-corrected chi connectivity index (χ1v) is 10.9. The monoisotopic (exact) mass is 449 g/mol. The topological polar surface area (TPSA) is 63.9 Å². The molecular formula is C21H22F3N5OS. The summed E-state index contributed by atoms with van der Waals surface area (Å²) in [6, 6.07) is 4.46. The fraction of sp³-hybridized carbons (Fsp3) is 0.429. The van der Waals surface area contributed by atoms with Gasteiger partial charge in [-0.15, -0.1) is 11.3 Å². The number of amides is 1. The summed E-state index contributed by atoms with van der Waals surface area (Å²) in [6.45, 7) is 2.84. The molecule has 0 radical (unpaired) electrons. The van der Waals surface area contributed by atoms with Crippen LogP contribution >= 0.6 is 11.3 Å². The zero-order valence-electron chi connectivity index (χ0n) is 16.9. The third-order valence-electron chi connectivity index (χ3n) is 5.45. The van der Waals surface area contributed by atoms with Gasteiger partial charge in [-0.3, -0.25) is 4.79 Å². The molecule has 0 aliphatic carbocycles. The van der Waals surface area contributed by atoms with Crippen molar-refractivity contribution in [3.05, 3.63) is 53.8 Å². The van der Waals surface area contributed by atoms with Crippen LogP contribution in [0.1, 0.15) is 49.7 Å². The van der Waals surface area contributed by atoms with Gasteiger partial charge in [0.2, 0.25) is 5.91 Å². The molecule has 0 bridgehead atoms. The lowest BCUT2D eigenvalue weighted by Gasteiger charge is -2.33. The maximum absolute atomic E-state index is 13.5. The number of hydrogen-bond acceptors (Lipinski definition) is 5. The molecule has 3 aromatic heterocycles. The summed E-state index contributed by atoms with van der Waals surface area (Å²) < 4.78 is 42.3. The Morgan fingerprint density at radius 3 is 2.87 bits per heavy atom. The molecule has 1 aliphatic heterocycles. The predicted molar refractivity (Wildman–Crippen MR) is 110 cm³/mol. The van der Waals surface area contributed by atoms with E-state index in [2.05, 4.69) is 15.0 Å². The van der Waals surface area contributed by atoms with Crippen molar-refractivity contribution in [3.8, 4) is 10.6 Å². The van der Waals surface area contributed by atoms with Gasteiger partial charge in [-0.1, -0.05) is 6.07 Å². The Morgan fingerprint density at radius 1 is 1.35 bits per heavy atom. The molecule has 0 N–H and O–H groups in total. The van der Waals surface area contributed by atoms with Crippen LogP contribution in [0.2, 0.25) is 0 Å². The van der Waals surface area contributed by atoms with Gasteiger partial charge in [-0.05, 0) is 37.3 Å². The van der Waals surface area contributed by atoms with Crippen LogP contribution in [0.25, 0.3) is 10.6 Å². The van der Waals surface area contributed by atoms with Gasteiger partial charge >= 0.3 is 6.18 Å². The van der Waals surface area contributed by atoms with Crippen molar-refractivity contribution in [2.75, 3.05) is 13.1 Å². The van der Waals surface area contributed by atoms with E-state index in [0.29, 0.717) is 37.2 Å². The van der Waals surface area contributed by atoms with Crippen LogP contribution < -0.4 is 0 Å². The first kappa shape index (κ1) is 21.5. The second kappa shape index (κ2) is 8.78. The molecule has 0 saturated carbocycles. The lowest BCUT2D eigenvalue weighted by atomic mass is 9.96. The van der Waals surface area contributed by atoms with Gasteiger partial charge in [0.1, 0.15) is 11.5 Å². The second-order valence-electron chi connectivity index (χ2n) is 7.71. The van der Waals surface area contributed by atoms with E-state index in [4.69, 9.17) is 0 Å². The highest BCUT2D eigenvalue weighted by molar-refractivity contribution is 7.13. The number of thiophene rings is 1. The number of piperidine rings is 1. The number of nitrogens with zero attached hydrogens (tertiary/aromatic N) is 5. The van der Waals surface area contributed by atoms with Gasteiger partial charge in [0.05, 0.1) is 16.9 Å². The van der Waals surface area contributed by atoms with E-state index in [-0.39, 0.29) is 29.4 Å². The van der Waals surface area contributed by atoms with Crippen molar-refractivity contribution in [2.24, 2.45) is 0 Å². The third-order valence-corrected chi connectivity index (χ3v) is 6.34. The molecule has 1 amide bonds. The molecule has 164 valence electrons. The molecule has 2 atom stereocenters. The summed E-state index contributed by atoms with van der Waals surface area (Å²) in [7, 11) is 0. The Bertz CT molecular complexity index is 1020. The van der Waals surface area contributed by atoms with Crippen LogP contribution in [-0.4, -0.2) is 43.4 Å². The predicted octanol–water partition coefficient (Wildman–Crippen LogP) is 4.78. The Balaban J connectivity index is 1.55. The van der Waals surface area contributed by atoms with Crippen molar-refractivity contribution in [2.45, 2.75) is 44.3 Å². The van der Waals surface area contributed by atoms with E-state index in [9.17, 15) is 18.0 Å². The number of imidazole rings is 1. The van der Waals surface area contributed by atoms with Crippen LogP contribution in [0.4, 0.5) is 13.2 Å². The minimum Gasteiger partial charge on any atom is -0.342 e. The van der Waals surface area contributed by atoms with Crippen LogP contribution in [0, 0.1) is 0 Å². The van der Waals surface area contributed by atoms with Crippen molar-refractivity contribution >= 4 is 17.2 Å². The van der Waals surface area contributed by atoms with Gasteiger partial charge < -0.3 is 9.47 Å². The minimum absolute atomic E-state index is 0.0312. The fourth-order valence-corrected chi connectivity index (χ4v) is 4.46. The van der Waals surface area contributed by atoms with Gasteiger partial charge in [0, 0.05) is 43.9 Å². The zero-order chi connectivity index (χ0) is 22.0. The van der Waals surface area contributed by atoms with E-state index in [1.165, 1.54) is 11.3 Å². The van der Waals surface area contributed by atoms with E-state index >= 15 is 0 Å². The summed E-state index contributed by atoms with van der Waals surface area (Å²) in [6.07, 6.45) is 2.21. The highest BCUT2D eigenvalue weighted by Crippen LogP contribution is 2.34. The van der Waals surface area contributed by atoms with Crippen LogP contribution in [0.5, 0.6) is 0 Å². The van der Waals surface area contributed by atoms with Gasteiger partial charge in [0.25, 0.3) is 0 Å². The molecule has 4 heterocycles. The zero-order valence-corrected chi connectivity index (χ0v) is 17.7. The lowest BCUT2D eigenvalue weighted by Crippen LogP contribution is -2.40. The quantitative estimate of drug-likeness (QED) is 0.563. The van der Waals surface area contributed by atoms with Crippen molar-refractivity contribution < 1.29 is 18.0 Å². The Morgan fingerprint density at radius 2 is 2.19 bits per heavy atom. The maximum Gasteiger partial charge on any atom is 0.433 e.